The highest BCUT2D eigenvalue weighted by atomic mass is 16.5. The summed E-state index contributed by atoms with van der Waals surface area (Å²) in [6, 6.07) is 1.57. The lowest BCUT2D eigenvalue weighted by molar-refractivity contribution is -0.139. The van der Waals surface area contributed by atoms with Gasteiger partial charge in [-0.3, -0.25) is 0 Å². The summed E-state index contributed by atoms with van der Waals surface area (Å²) in [7, 11) is 0. The van der Waals surface area contributed by atoms with Crippen molar-refractivity contribution < 1.29 is 19.1 Å². The molecule has 0 amide bonds. The van der Waals surface area contributed by atoms with Crippen molar-refractivity contribution in [3.63, 3.8) is 0 Å². The minimum atomic E-state index is -0.692. The summed E-state index contributed by atoms with van der Waals surface area (Å²) in [6.45, 7) is 14.3. The Morgan fingerprint density at radius 2 is 1.85 bits per heavy atom. The second kappa shape index (κ2) is 13.1. The minimum absolute atomic E-state index is 0.111. The van der Waals surface area contributed by atoms with Crippen LogP contribution in [0.15, 0.2) is 37.0 Å². The van der Waals surface area contributed by atoms with Crippen LogP contribution in [-0.4, -0.2) is 25.2 Å². The van der Waals surface area contributed by atoms with Gasteiger partial charge in [0.25, 0.3) is 0 Å². The third-order valence-corrected chi connectivity index (χ3v) is 1.79. The zero-order chi connectivity index (χ0) is 16.0. The van der Waals surface area contributed by atoms with Crippen molar-refractivity contribution in [1.82, 2.24) is 0 Å². The molecule has 0 aromatic heterocycles. The van der Waals surface area contributed by atoms with E-state index in [9.17, 15) is 9.59 Å². The fraction of sp³-hybridized carbons (Fsp3) is 0.400. The number of nitriles is 1. The minimum Gasteiger partial charge on any atom is -0.462 e. The van der Waals surface area contributed by atoms with Crippen molar-refractivity contribution in [1.29, 1.82) is 5.26 Å². The molecule has 0 rings (SSSR count). The molecule has 0 radical (unpaired) electrons. The molecule has 0 bridgehead atoms. The Morgan fingerprint density at radius 3 is 2.25 bits per heavy atom. The van der Waals surface area contributed by atoms with Crippen LogP contribution in [0.1, 0.15) is 26.7 Å². The van der Waals surface area contributed by atoms with Gasteiger partial charge in [0.1, 0.15) is 18.2 Å². The molecular weight excluding hydrogens is 258 g/mol. The Balaban J connectivity index is 0. The number of ether oxygens (including phenoxy) is 2. The maximum absolute atomic E-state index is 10.7. The smallest absolute Gasteiger partial charge is 0.348 e. The number of carbonyl (C=O) groups excluding carboxylic acids is 2. The summed E-state index contributed by atoms with van der Waals surface area (Å²) in [6.07, 6.45) is 3.39. The van der Waals surface area contributed by atoms with Gasteiger partial charge in [-0.2, -0.15) is 5.26 Å². The van der Waals surface area contributed by atoms with Crippen LogP contribution in [-0.2, 0) is 19.1 Å². The van der Waals surface area contributed by atoms with Gasteiger partial charge in [-0.15, -0.1) is 0 Å². The van der Waals surface area contributed by atoms with Crippen molar-refractivity contribution in [2.24, 2.45) is 0 Å². The van der Waals surface area contributed by atoms with E-state index in [1.165, 1.54) is 6.08 Å². The van der Waals surface area contributed by atoms with Crippen molar-refractivity contribution in [2.45, 2.75) is 26.7 Å². The first-order valence-corrected chi connectivity index (χ1v) is 6.10. The van der Waals surface area contributed by atoms with Gasteiger partial charge in [0.2, 0.25) is 0 Å². The number of carbonyl (C=O) groups is 2. The second-order valence-electron chi connectivity index (χ2n) is 3.75. The molecule has 0 saturated carbocycles. The van der Waals surface area contributed by atoms with Crippen LogP contribution in [0.25, 0.3) is 0 Å². The average molecular weight is 279 g/mol. The molecule has 0 aliphatic carbocycles. The molecule has 0 unspecified atom stereocenters. The van der Waals surface area contributed by atoms with Crippen molar-refractivity contribution in [3.05, 3.63) is 37.0 Å². The number of nitrogens with zero attached hydrogens (tertiary/aromatic N) is 1. The summed E-state index contributed by atoms with van der Waals surface area (Å²) in [5.74, 6) is -0.976. The molecule has 5 nitrogen and oxygen atoms in total. The molecule has 20 heavy (non-hydrogen) atoms. The molecule has 110 valence electrons. The Kier molecular flexibility index (Phi) is 13.1. The first-order chi connectivity index (χ1) is 9.40. The van der Waals surface area contributed by atoms with Crippen LogP contribution in [0, 0.1) is 11.3 Å². The highest BCUT2D eigenvalue weighted by molar-refractivity contribution is 5.91. The van der Waals surface area contributed by atoms with Crippen LogP contribution in [0.2, 0.25) is 0 Å². The predicted molar refractivity (Wildman–Crippen MR) is 76.6 cm³/mol. The van der Waals surface area contributed by atoms with E-state index in [0.717, 1.165) is 12.8 Å². The molecule has 0 N–H and O–H groups in total. The van der Waals surface area contributed by atoms with Crippen LogP contribution in [0.4, 0.5) is 0 Å². The number of hydrogen-bond donors (Lipinski definition) is 0. The van der Waals surface area contributed by atoms with Crippen LogP contribution in [0.5, 0.6) is 0 Å². The van der Waals surface area contributed by atoms with Crippen molar-refractivity contribution >= 4 is 11.9 Å². The standard InChI is InChI=1S/C8H14O2.C7H7NO2/c1-4-5-6-10-8(9)7(2)3;1-3-4-10-7(9)6(2)5-8/h2,4-6H2,1,3H3;3H,1-2,4H2. The van der Waals surface area contributed by atoms with E-state index in [1.807, 2.05) is 0 Å². The number of rotatable bonds is 7. The molecule has 0 atom stereocenters. The number of hydrogen-bond acceptors (Lipinski definition) is 5. The predicted octanol–water partition coefficient (Wildman–Crippen LogP) is 2.70. The largest absolute Gasteiger partial charge is 0.462 e. The fourth-order valence-electron chi connectivity index (χ4n) is 0.700. The highest BCUT2D eigenvalue weighted by Gasteiger charge is 2.04. The maximum Gasteiger partial charge on any atom is 0.348 e. The molecule has 5 heteroatoms. The van der Waals surface area contributed by atoms with Crippen LogP contribution in [0.3, 0.4) is 0 Å². The van der Waals surface area contributed by atoms with Gasteiger partial charge >= 0.3 is 11.9 Å². The zero-order valence-electron chi connectivity index (χ0n) is 12.1. The summed E-state index contributed by atoms with van der Waals surface area (Å²) < 4.78 is 9.27. The van der Waals surface area contributed by atoms with Crippen LogP contribution >= 0.6 is 0 Å². The monoisotopic (exact) mass is 279 g/mol. The summed E-state index contributed by atoms with van der Waals surface area (Å²) in [4.78, 5) is 21.2. The Hall–Kier alpha value is -2.35. The highest BCUT2D eigenvalue weighted by Crippen LogP contribution is 1.94. The first kappa shape index (κ1) is 20.0. The quantitative estimate of drug-likeness (QED) is 0.235. The zero-order valence-corrected chi connectivity index (χ0v) is 12.1. The lowest BCUT2D eigenvalue weighted by Crippen LogP contribution is -2.05. The van der Waals surface area contributed by atoms with Gasteiger partial charge in [0.15, 0.2) is 0 Å². The van der Waals surface area contributed by atoms with Gasteiger partial charge < -0.3 is 9.47 Å². The SMILES string of the molecule is C=C(C)C(=O)OCCCC.C=CCOC(=O)C(=C)C#N. The van der Waals surface area contributed by atoms with E-state index in [-0.39, 0.29) is 18.1 Å². The topological polar surface area (TPSA) is 76.4 Å². The fourth-order valence-corrected chi connectivity index (χ4v) is 0.700. The maximum atomic E-state index is 10.7. The summed E-state index contributed by atoms with van der Waals surface area (Å²) in [5, 5.41) is 8.13. The van der Waals surface area contributed by atoms with E-state index in [0.29, 0.717) is 12.2 Å². The first-order valence-electron chi connectivity index (χ1n) is 6.10. The second-order valence-corrected chi connectivity index (χ2v) is 3.75. The molecule has 0 fully saturated rings. The van der Waals surface area contributed by atoms with E-state index in [4.69, 9.17) is 10.00 Å². The van der Waals surface area contributed by atoms with E-state index >= 15 is 0 Å². The van der Waals surface area contributed by atoms with Gasteiger partial charge in [0, 0.05) is 5.57 Å². The Bertz CT molecular complexity index is 405. The molecule has 0 aromatic rings. The lowest BCUT2D eigenvalue weighted by Gasteiger charge is -2.01. The van der Waals surface area contributed by atoms with Crippen molar-refractivity contribution in [2.75, 3.05) is 13.2 Å². The van der Waals surface area contributed by atoms with Gasteiger partial charge in [-0.25, -0.2) is 9.59 Å². The van der Waals surface area contributed by atoms with Crippen molar-refractivity contribution in [3.8, 4) is 6.07 Å². The Labute approximate surface area is 120 Å². The average Bonchev–Trinajstić information content (AvgIpc) is 2.44. The number of unbranched alkanes of at least 4 members (excludes halogenated alkanes) is 1. The molecular formula is C15H21NO4. The molecule has 0 heterocycles. The van der Waals surface area contributed by atoms with E-state index in [1.54, 1.807) is 13.0 Å². The normalized spacial score (nSPS) is 8.25. The molecule has 0 aliphatic heterocycles. The molecule has 0 aliphatic rings. The third-order valence-electron chi connectivity index (χ3n) is 1.79. The van der Waals surface area contributed by atoms with E-state index in [2.05, 4.69) is 31.4 Å². The molecule has 0 spiro atoms. The van der Waals surface area contributed by atoms with Gasteiger partial charge in [-0.05, 0) is 13.3 Å². The lowest BCUT2D eigenvalue weighted by atomic mass is 10.3. The number of esters is 2. The van der Waals surface area contributed by atoms with E-state index < -0.39 is 5.97 Å². The molecule has 0 aromatic carbocycles. The third kappa shape index (κ3) is 12.1. The van der Waals surface area contributed by atoms with Gasteiger partial charge in [0.05, 0.1) is 6.61 Å². The summed E-state index contributed by atoms with van der Waals surface area (Å²) in [5.41, 5.74) is 0.276. The Morgan fingerprint density at radius 1 is 1.25 bits per heavy atom. The summed E-state index contributed by atoms with van der Waals surface area (Å²) >= 11 is 0. The van der Waals surface area contributed by atoms with Crippen LogP contribution < -0.4 is 0 Å². The van der Waals surface area contributed by atoms with Gasteiger partial charge in [-0.1, -0.05) is 39.2 Å². The molecule has 0 saturated heterocycles.